The number of rotatable bonds is 2. The number of imidazole rings is 1. The Morgan fingerprint density at radius 3 is 2.58 bits per heavy atom. The Hall–Kier alpha value is -1.96. The Labute approximate surface area is 141 Å². The SMILES string of the molecule is CC(C)(C)c1nc2cc(C#N)ccn2c1CC1CCC(F)(F)CC1. The van der Waals surface area contributed by atoms with Crippen molar-refractivity contribution in [2.45, 2.75) is 64.2 Å². The van der Waals surface area contributed by atoms with Crippen LogP contribution < -0.4 is 0 Å². The second-order valence-electron chi connectivity index (χ2n) is 7.92. The normalized spacial score (nSPS) is 18.7. The van der Waals surface area contributed by atoms with Crippen LogP contribution in [0.2, 0.25) is 0 Å². The third kappa shape index (κ3) is 3.28. The van der Waals surface area contributed by atoms with Crippen LogP contribution in [0.25, 0.3) is 5.65 Å². The lowest BCUT2D eigenvalue weighted by Gasteiger charge is -2.29. The summed E-state index contributed by atoms with van der Waals surface area (Å²) in [5.41, 5.74) is 3.30. The van der Waals surface area contributed by atoms with Gasteiger partial charge in [0.05, 0.1) is 17.3 Å². The number of pyridine rings is 1. The molecule has 0 radical (unpaired) electrons. The van der Waals surface area contributed by atoms with Crippen molar-refractivity contribution in [2.24, 2.45) is 5.92 Å². The molecule has 0 bridgehead atoms. The Morgan fingerprint density at radius 2 is 2.00 bits per heavy atom. The van der Waals surface area contributed by atoms with E-state index in [0.717, 1.165) is 23.5 Å². The fraction of sp³-hybridized carbons (Fsp3) is 0.579. The molecule has 0 aliphatic heterocycles. The number of nitrogens with zero attached hydrogens (tertiary/aromatic N) is 3. The maximum atomic E-state index is 13.4. The minimum atomic E-state index is -2.50. The number of halogens is 2. The van der Waals surface area contributed by atoms with Gasteiger partial charge in [-0.05, 0) is 37.3 Å². The van der Waals surface area contributed by atoms with Crippen molar-refractivity contribution in [3.8, 4) is 6.07 Å². The molecule has 2 aromatic heterocycles. The summed E-state index contributed by atoms with van der Waals surface area (Å²) >= 11 is 0. The zero-order valence-electron chi connectivity index (χ0n) is 14.4. The molecule has 128 valence electrons. The van der Waals surface area contributed by atoms with Crippen LogP contribution in [0.4, 0.5) is 8.78 Å². The first-order valence-corrected chi connectivity index (χ1v) is 8.49. The minimum absolute atomic E-state index is 0.0160. The summed E-state index contributed by atoms with van der Waals surface area (Å²) in [6, 6.07) is 5.70. The van der Waals surface area contributed by atoms with Gasteiger partial charge in [-0.15, -0.1) is 0 Å². The van der Waals surface area contributed by atoms with Crippen LogP contribution in [0.15, 0.2) is 18.3 Å². The van der Waals surface area contributed by atoms with Crippen molar-refractivity contribution in [3.63, 3.8) is 0 Å². The quantitative estimate of drug-likeness (QED) is 0.787. The van der Waals surface area contributed by atoms with Crippen LogP contribution in [0.5, 0.6) is 0 Å². The average molecular weight is 331 g/mol. The monoisotopic (exact) mass is 331 g/mol. The van der Waals surface area contributed by atoms with Gasteiger partial charge < -0.3 is 4.40 Å². The van der Waals surface area contributed by atoms with E-state index in [1.165, 1.54) is 0 Å². The van der Waals surface area contributed by atoms with E-state index in [1.807, 2.05) is 10.6 Å². The lowest BCUT2D eigenvalue weighted by molar-refractivity contribution is -0.0457. The third-order valence-corrected chi connectivity index (χ3v) is 4.88. The van der Waals surface area contributed by atoms with E-state index in [2.05, 4.69) is 26.8 Å². The highest BCUT2D eigenvalue weighted by Gasteiger charge is 2.36. The molecule has 0 atom stereocenters. The summed E-state index contributed by atoms with van der Waals surface area (Å²) in [7, 11) is 0. The van der Waals surface area contributed by atoms with Gasteiger partial charge in [0.25, 0.3) is 0 Å². The molecular formula is C19H23F2N3. The Kier molecular flexibility index (Phi) is 4.11. The molecule has 24 heavy (non-hydrogen) atoms. The summed E-state index contributed by atoms with van der Waals surface area (Å²) in [5.74, 6) is -2.23. The van der Waals surface area contributed by atoms with Crippen LogP contribution in [0.3, 0.4) is 0 Å². The molecule has 2 aromatic rings. The highest BCUT2D eigenvalue weighted by molar-refractivity contribution is 5.50. The average Bonchev–Trinajstić information content (AvgIpc) is 2.87. The molecule has 2 heterocycles. The molecule has 1 saturated carbocycles. The first-order valence-electron chi connectivity index (χ1n) is 8.49. The van der Waals surface area contributed by atoms with Gasteiger partial charge >= 0.3 is 0 Å². The van der Waals surface area contributed by atoms with Gasteiger partial charge in [-0.2, -0.15) is 5.26 Å². The second-order valence-corrected chi connectivity index (χ2v) is 7.92. The van der Waals surface area contributed by atoms with Gasteiger partial charge in [0.15, 0.2) is 0 Å². The highest BCUT2D eigenvalue weighted by Crippen LogP contribution is 2.38. The molecule has 5 heteroatoms. The Balaban J connectivity index is 1.98. The van der Waals surface area contributed by atoms with E-state index in [9.17, 15) is 8.78 Å². The summed E-state index contributed by atoms with van der Waals surface area (Å²) in [6.45, 7) is 6.33. The van der Waals surface area contributed by atoms with E-state index in [4.69, 9.17) is 10.2 Å². The topological polar surface area (TPSA) is 41.1 Å². The minimum Gasteiger partial charge on any atom is -0.304 e. The van der Waals surface area contributed by atoms with Crippen LogP contribution in [0, 0.1) is 17.2 Å². The van der Waals surface area contributed by atoms with Gasteiger partial charge in [-0.25, -0.2) is 13.8 Å². The predicted octanol–water partition coefficient (Wildman–Crippen LogP) is 4.87. The molecule has 0 unspecified atom stereocenters. The molecule has 3 rings (SSSR count). The molecule has 0 aromatic carbocycles. The zero-order chi connectivity index (χ0) is 17.5. The van der Waals surface area contributed by atoms with E-state index in [-0.39, 0.29) is 24.2 Å². The van der Waals surface area contributed by atoms with E-state index < -0.39 is 5.92 Å². The lowest BCUT2D eigenvalue weighted by Crippen LogP contribution is -2.26. The predicted molar refractivity (Wildman–Crippen MR) is 89.2 cm³/mol. The van der Waals surface area contributed by atoms with Crippen molar-refractivity contribution >= 4 is 5.65 Å². The number of alkyl halides is 2. The van der Waals surface area contributed by atoms with Gasteiger partial charge in [0.1, 0.15) is 5.65 Å². The number of aromatic nitrogens is 2. The molecule has 0 N–H and O–H groups in total. The number of nitriles is 1. The highest BCUT2D eigenvalue weighted by atomic mass is 19.3. The fourth-order valence-electron chi connectivity index (χ4n) is 3.54. The van der Waals surface area contributed by atoms with E-state index >= 15 is 0 Å². The number of hydrogen-bond donors (Lipinski definition) is 0. The summed E-state index contributed by atoms with van der Waals surface area (Å²) in [5, 5.41) is 9.09. The first kappa shape index (κ1) is 16.9. The maximum Gasteiger partial charge on any atom is 0.248 e. The van der Waals surface area contributed by atoms with Crippen LogP contribution in [-0.2, 0) is 11.8 Å². The lowest BCUT2D eigenvalue weighted by atomic mass is 9.81. The number of fused-ring (bicyclic) bond motifs is 1. The van der Waals surface area contributed by atoms with Gasteiger partial charge in [-0.1, -0.05) is 20.8 Å². The molecule has 1 aliphatic carbocycles. The van der Waals surface area contributed by atoms with Crippen LogP contribution in [0.1, 0.15) is 63.4 Å². The Bertz CT molecular complexity index is 783. The third-order valence-electron chi connectivity index (χ3n) is 4.88. The summed E-state index contributed by atoms with van der Waals surface area (Å²) in [6.07, 6.45) is 3.72. The summed E-state index contributed by atoms with van der Waals surface area (Å²) in [4.78, 5) is 4.75. The molecule has 0 saturated heterocycles. The smallest absolute Gasteiger partial charge is 0.248 e. The first-order chi connectivity index (χ1) is 11.2. The standard InChI is InChI=1S/C19H23F2N3/c1-18(2,3)17-15(10-13-4-7-19(20,21)8-5-13)24-9-6-14(12-22)11-16(24)23-17/h6,9,11,13H,4-5,7-8,10H2,1-3H3. The largest absolute Gasteiger partial charge is 0.304 e. The van der Waals surface area contributed by atoms with Crippen molar-refractivity contribution in [2.75, 3.05) is 0 Å². The van der Waals surface area contributed by atoms with Gasteiger partial charge in [0.2, 0.25) is 5.92 Å². The molecule has 1 fully saturated rings. The molecule has 1 aliphatic rings. The maximum absolute atomic E-state index is 13.4. The Morgan fingerprint density at radius 1 is 1.33 bits per heavy atom. The second kappa shape index (κ2) is 5.84. The molecular weight excluding hydrogens is 308 g/mol. The van der Waals surface area contributed by atoms with Crippen molar-refractivity contribution < 1.29 is 8.78 Å². The van der Waals surface area contributed by atoms with Crippen LogP contribution >= 0.6 is 0 Å². The number of hydrogen-bond acceptors (Lipinski definition) is 2. The fourth-order valence-corrected chi connectivity index (χ4v) is 3.54. The van der Waals surface area contributed by atoms with Gasteiger partial charge in [0, 0.05) is 30.1 Å². The van der Waals surface area contributed by atoms with E-state index in [1.54, 1.807) is 12.1 Å². The van der Waals surface area contributed by atoms with E-state index in [0.29, 0.717) is 18.4 Å². The van der Waals surface area contributed by atoms with Gasteiger partial charge in [-0.3, -0.25) is 0 Å². The van der Waals surface area contributed by atoms with Crippen molar-refractivity contribution in [1.82, 2.24) is 9.38 Å². The molecule has 0 spiro atoms. The molecule has 0 amide bonds. The van der Waals surface area contributed by atoms with Crippen molar-refractivity contribution in [3.05, 3.63) is 35.3 Å². The molecule has 3 nitrogen and oxygen atoms in total. The van der Waals surface area contributed by atoms with Crippen molar-refractivity contribution in [1.29, 1.82) is 5.26 Å². The summed E-state index contributed by atoms with van der Waals surface area (Å²) < 4.78 is 28.8. The van der Waals surface area contributed by atoms with Crippen LogP contribution in [-0.4, -0.2) is 15.3 Å². The zero-order valence-corrected chi connectivity index (χ0v) is 14.4.